The van der Waals surface area contributed by atoms with Gasteiger partial charge < -0.3 is 15.4 Å². The highest BCUT2D eigenvalue weighted by Crippen LogP contribution is 2.11. The van der Waals surface area contributed by atoms with Crippen molar-refractivity contribution in [3.8, 4) is 6.19 Å². The lowest BCUT2D eigenvalue weighted by Crippen LogP contribution is -2.36. The Labute approximate surface area is 116 Å². The summed E-state index contributed by atoms with van der Waals surface area (Å²) in [5, 5.41) is 22.5. The molecule has 0 aliphatic carbocycles. The van der Waals surface area contributed by atoms with E-state index in [2.05, 4.69) is 25.6 Å². The van der Waals surface area contributed by atoms with Crippen LogP contribution in [0.15, 0.2) is 11.3 Å². The fraction of sp³-hybridized carbons (Fsp3) is 0.545. The van der Waals surface area contributed by atoms with Crippen molar-refractivity contribution in [1.29, 1.82) is 5.26 Å². The van der Waals surface area contributed by atoms with Crippen LogP contribution in [0.1, 0.15) is 11.4 Å². The summed E-state index contributed by atoms with van der Waals surface area (Å²) in [6.07, 6.45) is 3.49. The zero-order valence-corrected chi connectivity index (χ0v) is 11.6. The van der Waals surface area contributed by atoms with E-state index in [4.69, 9.17) is 10.4 Å². The number of nitriles is 1. The van der Waals surface area contributed by atoms with Gasteiger partial charge in [-0.3, -0.25) is 10.3 Å². The molecule has 104 valence electrons. The van der Waals surface area contributed by atoms with E-state index < -0.39 is 0 Å². The minimum Gasteiger partial charge on any atom is -0.395 e. The summed E-state index contributed by atoms with van der Waals surface area (Å²) < 4.78 is 0. The number of thioether (sulfide) groups is 1. The molecule has 1 heterocycles. The van der Waals surface area contributed by atoms with Gasteiger partial charge >= 0.3 is 0 Å². The molecule has 0 aromatic carbocycles. The van der Waals surface area contributed by atoms with Crippen molar-refractivity contribution < 1.29 is 5.11 Å². The number of rotatable bonds is 7. The predicted molar refractivity (Wildman–Crippen MR) is 75.6 cm³/mol. The first-order chi connectivity index (χ1) is 9.27. The number of H-pyrrole nitrogens is 1. The number of nitrogens with one attached hydrogen (secondary N) is 3. The third-order valence-corrected chi connectivity index (χ3v) is 3.23. The van der Waals surface area contributed by atoms with E-state index in [0.717, 1.165) is 22.9 Å². The third-order valence-electron chi connectivity index (χ3n) is 2.26. The number of guanidine groups is 1. The van der Waals surface area contributed by atoms with E-state index >= 15 is 0 Å². The van der Waals surface area contributed by atoms with Crippen LogP contribution in [0.3, 0.4) is 0 Å². The Kier molecular flexibility index (Phi) is 7.46. The van der Waals surface area contributed by atoms with Gasteiger partial charge in [0.15, 0.2) is 6.19 Å². The lowest BCUT2D eigenvalue weighted by atomic mass is 10.4. The van der Waals surface area contributed by atoms with E-state index in [1.807, 2.05) is 6.92 Å². The van der Waals surface area contributed by atoms with Crippen LogP contribution in [0.2, 0.25) is 0 Å². The Hall–Kier alpha value is -1.72. The second-order valence-corrected chi connectivity index (χ2v) is 4.74. The van der Waals surface area contributed by atoms with Crippen molar-refractivity contribution in [3.63, 3.8) is 0 Å². The summed E-state index contributed by atoms with van der Waals surface area (Å²) >= 11 is 1.74. The Morgan fingerprint density at radius 1 is 1.68 bits per heavy atom. The van der Waals surface area contributed by atoms with Gasteiger partial charge in [0.05, 0.1) is 25.2 Å². The lowest BCUT2D eigenvalue weighted by Gasteiger charge is -2.05. The largest absolute Gasteiger partial charge is 0.395 e. The zero-order chi connectivity index (χ0) is 13.9. The van der Waals surface area contributed by atoms with Crippen LogP contribution in [0, 0.1) is 18.4 Å². The number of imidazole rings is 1. The quantitative estimate of drug-likeness (QED) is 0.184. The molecule has 0 spiro atoms. The molecule has 8 heteroatoms. The molecular formula is C11H18N6OS. The van der Waals surface area contributed by atoms with Gasteiger partial charge in [-0.05, 0) is 6.92 Å². The molecule has 0 aliphatic rings. The molecule has 7 nitrogen and oxygen atoms in total. The Morgan fingerprint density at radius 3 is 3.16 bits per heavy atom. The number of aromatic nitrogens is 2. The molecule has 4 N–H and O–H groups in total. The van der Waals surface area contributed by atoms with E-state index in [1.165, 1.54) is 0 Å². The number of aliphatic hydroxyl groups excluding tert-OH is 1. The minimum atomic E-state index is -0.0000203. The topological polar surface area (TPSA) is 109 Å². The van der Waals surface area contributed by atoms with Crippen molar-refractivity contribution in [3.05, 3.63) is 17.7 Å². The number of nitrogens with zero attached hydrogens (tertiary/aromatic N) is 3. The summed E-state index contributed by atoms with van der Waals surface area (Å²) in [7, 11) is 0. The van der Waals surface area contributed by atoms with Gasteiger partial charge in [0.25, 0.3) is 0 Å². The van der Waals surface area contributed by atoms with Crippen LogP contribution < -0.4 is 10.6 Å². The Morgan fingerprint density at radius 2 is 2.53 bits per heavy atom. The number of aryl methyl sites for hydroxylation is 1. The highest BCUT2D eigenvalue weighted by molar-refractivity contribution is 7.98. The van der Waals surface area contributed by atoms with Crippen molar-refractivity contribution >= 4 is 17.7 Å². The summed E-state index contributed by atoms with van der Waals surface area (Å²) in [5.74, 6) is 2.11. The number of aliphatic imine (C=N–C) groups is 1. The molecule has 1 aromatic heterocycles. The van der Waals surface area contributed by atoms with Gasteiger partial charge in [-0.15, -0.1) is 0 Å². The summed E-state index contributed by atoms with van der Waals surface area (Å²) in [5.41, 5.74) is 2.15. The molecule has 0 bridgehead atoms. The zero-order valence-electron chi connectivity index (χ0n) is 10.8. The molecular weight excluding hydrogens is 264 g/mol. The van der Waals surface area contributed by atoms with Crippen LogP contribution in [0.25, 0.3) is 0 Å². The first-order valence-corrected chi connectivity index (χ1v) is 7.04. The molecule has 0 fully saturated rings. The maximum absolute atomic E-state index is 8.68. The fourth-order valence-electron chi connectivity index (χ4n) is 1.30. The monoisotopic (exact) mass is 282 g/mol. The summed E-state index contributed by atoms with van der Waals surface area (Å²) in [4.78, 5) is 11.4. The standard InChI is InChI=1S/C11H18N6OS/c1-9-10(17-8-16-9)6-19-5-3-14-11(15-7-12)13-2-4-18/h8,18H,2-6H2,1H3,(H,16,17)(H2,13,14,15). The van der Waals surface area contributed by atoms with Crippen LogP contribution in [0.5, 0.6) is 0 Å². The normalized spacial score (nSPS) is 11.1. The highest BCUT2D eigenvalue weighted by Gasteiger charge is 2.00. The predicted octanol–water partition coefficient (Wildman–Crippen LogP) is -0.0401. The Bertz CT molecular complexity index is 439. The van der Waals surface area contributed by atoms with Gasteiger partial charge in [-0.25, -0.2) is 4.98 Å². The maximum Gasteiger partial charge on any atom is 0.204 e. The van der Waals surface area contributed by atoms with Gasteiger partial charge in [-0.2, -0.15) is 17.0 Å². The SMILES string of the molecule is Cc1nc[nH]c1CSCCN=C(NC#N)NCCO. The summed E-state index contributed by atoms with van der Waals surface area (Å²) in [6.45, 7) is 2.94. The maximum atomic E-state index is 8.68. The molecule has 0 saturated carbocycles. The molecule has 0 unspecified atom stereocenters. The highest BCUT2D eigenvalue weighted by atomic mass is 32.2. The van der Waals surface area contributed by atoms with Crippen LogP contribution in [-0.4, -0.2) is 46.5 Å². The van der Waals surface area contributed by atoms with Crippen LogP contribution in [0.4, 0.5) is 0 Å². The van der Waals surface area contributed by atoms with E-state index in [0.29, 0.717) is 19.0 Å². The molecule has 0 saturated heterocycles. The molecule has 0 radical (unpaired) electrons. The average molecular weight is 282 g/mol. The van der Waals surface area contributed by atoms with E-state index in [-0.39, 0.29) is 6.61 Å². The average Bonchev–Trinajstić information content (AvgIpc) is 2.81. The van der Waals surface area contributed by atoms with Gasteiger partial charge in [0, 0.05) is 23.7 Å². The molecule has 1 aromatic rings. The molecule has 0 aliphatic heterocycles. The van der Waals surface area contributed by atoms with Crippen molar-refractivity contribution in [2.24, 2.45) is 4.99 Å². The van der Waals surface area contributed by atoms with Gasteiger partial charge in [0.1, 0.15) is 0 Å². The van der Waals surface area contributed by atoms with E-state index in [9.17, 15) is 0 Å². The number of aliphatic hydroxyl groups is 1. The van der Waals surface area contributed by atoms with Crippen molar-refractivity contribution in [1.82, 2.24) is 20.6 Å². The second-order valence-electron chi connectivity index (χ2n) is 3.64. The van der Waals surface area contributed by atoms with Crippen molar-refractivity contribution in [2.75, 3.05) is 25.4 Å². The fourth-order valence-corrected chi connectivity index (χ4v) is 2.16. The number of hydrogen-bond acceptors (Lipinski definition) is 5. The molecule has 0 atom stereocenters. The summed E-state index contributed by atoms with van der Waals surface area (Å²) in [6, 6.07) is 0. The van der Waals surface area contributed by atoms with Crippen LogP contribution >= 0.6 is 11.8 Å². The van der Waals surface area contributed by atoms with Crippen LogP contribution in [-0.2, 0) is 5.75 Å². The first kappa shape index (κ1) is 15.3. The lowest BCUT2D eigenvalue weighted by molar-refractivity contribution is 0.300. The smallest absolute Gasteiger partial charge is 0.204 e. The van der Waals surface area contributed by atoms with Gasteiger partial charge in [0.2, 0.25) is 5.96 Å². The second kappa shape index (κ2) is 9.24. The first-order valence-electron chi connectivity index (χ1n) is 5.88. The molecule has 19 heavy (non-hydrogen) atoms. The molecule has 0 amide bonds. The van der Waals surface area contributed by atoms with Crippen molar-refractivity contribution in [2.45, 2.75) is 12.7 Å². The minimum absolute atomic E-state index is 0.0000203. The van der Waals surface area contributed by atoms with Gasteiger partial charge in [-0.1, -0.05) is 0 Å². The molecule has 1 rings (SSSR count). The number of hydrogen-bond donors (Lipinski definition) is 4. The number of aromatic amines is 1. The Balaban J connectivity index is 2.23. The third kappa shape index (κ3) is 6.13. The van der Waals surface area contributed by atoms with E-state index in [1.54, 1.807) is 24.3 Å².